The number of hydrogen-bond donors (Lipinski definition) is 1. The number of oxazole rings is 1. The second-order valence-electron chi connectivity index (χ2n) is 7.56. The lowest BCUT2D eigenvalue weighted by molar-refractivity contribution is 0.413. The zero-order valence-electron chi connectivity index (χ0n) is 18.3. The lowest BCUT2D eigenvalue weighted by Crippen LogP contribution is -2.18. The summed E-state index contributed by atoms with van der Waals surface area (Å²) in [6.07, 6.45) is 2.60. The van der Waals surface area contributed by atoms with Gasteiger partial charge in [-0.1, -0.05) is 29.8 Å². The van der Waals surface area contributed by atoms with Crippen LogP contribution in [0.1, 0.15) is 0 Å². The second kappa shape index (κ2) is 8.94. The van der Waals surface area contributed by atoms with E-state index in [9.17, 15) is 13.2 Å². The summed E-state index contributed by atoms with van der Waals surface area (Å²) < 4.78 is 39.9. The van der Waals surface area contributed by atoms with E-state index < -0.39 is 10.0 Å². The molecule has 0 fully saturated rings. The van der Waals surface area contributed by atoms with Crippen LogP contribution in [0, 0.1) is 0 Å². The first-order valence-electron chi connectivity index (χ1n) is 10.4. The number of halogens is 1. The predicted molar refractivity (Wildman–Crippen MR) is 134 cm³/mol. The highest BCUT2D eigenvalue weighted by molar-refractivity contribution is 7.92. The van der Waals surface area contributed by atoms with Crippen LogP contribution in [-0.2, 0) is 10.0 Å². The van der Waals surface area contributed by atoms with E-state index in [2.05, 4.69) is 9.71 Å². The number of ether oxygens (including phenoxy) is 1. The molecule has 0 atom stereocenters. The number of anilines is 1. The number of hydrogen-bond acceptors (Lipinski definition) is 6. The maximum Gasteiger partial charge on any atom is 0.308 e. The van der Waals surface area contributed by atoms with Gasteiger partial charge in [0.2, 0.25) is 0 Å². The molecule has 0 radical (unpaired) electrons. The van der Waals surface area contributed by atoms with Crippen LogP contribution in [0.4, 0.5) is 6.01 Å². The topological polar surface area (TPSA) is 103 Å². The van der Waals surface area contributed by atoms with E-state index in [4.69, 9.17) is 20.8 Å². The van der Waals surface area contributed by atoms with Crippen LogP contribution in [-0.4, -0.2) is 25.1 Å². The van der Waals surface area contributed by atoms with Gasteiger partial charge in [0.15, 0.2) is 0 Å². The van der Waals surface area contributed by atoms with E-state index in [0.717, 1.165) is 11.1 Å². The molecule has 5 aromatic rings. The van der Waals surface area contributed by atoms with Gasteiger partial charge in [0.1, 0.15) is 12.0 Å². The fourth-order valence-corrected chi connectivity index (χ4v) is 4.88. The molecule has 10 heteroatoms. The zero-order chi connectivity index (χ0) is 24.6. The van der Waals surface area contributed by atoms with Crippen molar-refractivity contribution in [1.82, 2.24) is 9.55 Å². The highest BCUT2D eigenvalue weighted by atomic mass is 35.5. The summed E-state index contributed by atoms with van der Waals surface area (Å²) in [5.74, 6) is 0.481. The molecule has 3 aromatic carbocycles. The average molecular weight is 508 g/mol. The van der Waals surface area contributed by atoms with Gasteiger partial charge < -0.3 is 9.15 Å². The third-order valence-corrected chi connectivity index (χ3v) is 7.00. The number of sulfonamides is 1. The van der Waals surface area contributed by atoms with Crippen molar-refractivity contribution in [3.8, 4) is 22.6 Å². The predicted octanol–water partition coefficient (Wildman–Crippen LogP) is 5.11. The van der Waals surface area contributed by atoms with Gasteiger partial charge in [0, 0.05) is 16.5 Å². The Balaban J connectivity index is 1.60. The maximum absolute atomic E-state index is 12.9. The highest BCUT2D eigenvalue weighted by Crippen LogP contribution is 2.32. The van der Waals surface area contributed by atoms with Gasteiger partial charge in [-0.3, -0.25) is 9.36 Å². The Kier molecular flexibility index (Phi) is 5.80. The third-order valence-electron chi connectivity index (χ3n) is 5.43. The molecule has 0 unspecified atom stereocenters. The van der Waals surface area contributed by atoms with Crippen LogP contribution in [0.3, 0.4) is 0 Å². The van der Waals surface area contributed by atoms with E-state index in [1.54, 1.807) is 30.3 Å². The summed E-state index contributed by atoms with van der Waals surface area (Å²) in [6, 6.07) is 20.2. The monoisotopic (exact) mass is 507 g/mol. The van der Waals surface area contributed by atoms with Gasteiger partial charge in [-0.15, -0.1) is 0 Å². The molecule has 5 rings (SSSR count). The molecule has 2 heterocycles. The Bertz CT molecular complexity index is 1700. The largest absolute Gasteiger partial charge is 0.495 e. The van der Waals surface area contributed by atoms with Gasteiger partial charge in [0.25, 0.3) is 15.6 Å². The number of rotatable bonds is 6. The van der Waals surface area contributed by atoms with Gasteiger partial charge in [0.05, 0.1) is 29.4 Å². The van der Waals surface area contributed by atoms with Crippen molar-refractivity contribution in [1.29, 1.82) is 0 Å². The molecule has 0 bridgehead atoms. The molecular weight excluding hydrogens is 490 g/mol. The van der Waals surface area contributed by atoms with Crippen LogP contribution in [0.2, 0.25) is 5.02 Å². The highest BCUT2D eigenvalue weighted by Gasteiger charge is 2.19. The fraction of sp³-hybridized carbons (Fsp3) is 0.0400. The van der Waals surface area contributed by atoms with Crippen LogP contribution in [0.15, 0.2) is 99.4 Å². The Morgan fingerprint density at radius 2 is 1.74 bits per heavy atom. The van der Waals surface area contributed by atoms with Crippen molar-refractivity contribution in [3.05, 3.63) is 101 Å². The molecule has 35 heavy (non-hydrogen) atoms. The van der Waals surface area contributed by atoms with Gasteiger partial charge in [-0.2, -0.15) is 0 Å². The second-order valence-corrected chi connectivity index (χ2v) is 9.68. The van der Waals surface area contributed by atoms with Crippen molar-refractivity contribution in [2.24, 2.45) is 0 Å². The summed E-state index contributed by atoms with van der Waals surface area (Å²) >= 11 is 6.00. The molecular formula is C25H18ClN3O5S. The molecule has 0 saturated heterocycles. The Morgan fingerprint density at radius 1 is 0.971 bits per heavy atom. The average Bonchev–Trinajstić information content (AvgIpc) is 3.36. The zero-order valence-corrected chi connectivity index (χ0v) is 19.9. The summed E-state index contributed by atoms with van der Waals surface area (Å²) in [5, 5.41) is 1.18. The van der Waals surface area contributed by atoms with Crippen LogP contribution in [0.5, 0.6) is 5.75 Å². The smallest absolute Gasteiger partial charge is 0.308 e. The van der Waals surface area contributed by atoms with E-state index in [0.29, 0.717) is 27.4 Å². The molecule has 0 aliphatic heterocycles. The number of aromatic nitrogens is 2. The summed E-state index contributed by atoms with van der Waals surface area (Å²) in [4.78, 5) is 16.7. The van der Waals surface area contributed by atoms with Crippen LogP contribution in [0.25, 0.3) is 27.7 Å². The van der Waals surface area contributed by atoms with Crippen LogP contribution >= 0.6 is 11.6 Å². The molecule has 0 aliphatic carbocycles. The number of pyridine rings is 1. The molecule has 0 amide bonds. The fourth-order valence-electron chi connectivity index (χ4n) is 3.77. The summed E-state index contributed by atoms with van der Waals surface area (Å²) in [5.41, 5.74) is 2.59. The summed E-state index contributed by atoms with van der Waals surface area (Å²) in [7, 11) is -2.41. The quantitative estimate of drug-likeness (QED) is 0.342. The van der Waals surface area contributed by atoms with E-state index in [1.807, 2.05) is 24.3 Å². The molecule has 0 saturated carbocycles. The lowest BCUT2D eigenvalue weighted by atomic mass is 10.0. The standard InChI is InChI=1S/C25H18ClN3O5S/c1-33-23-15-17(16-2-6-19(26)7-3-16)4-9-22(23)29-21-10-8-20(14-18(21)5-11-24(29)30)35(31,32)28-25-27-12-13-34-25/h2-15H,1H3,(H,27,28). The summed E-state index contributed by atoms with van der Waals surface area (Å²) in [6.45, 7) is 0. The first kappa shape index (κ1) is 22.7. The minimum Gasteiger partial charge on any atom is -0.495 e. The third kappa shape index (κ3) is 4.39. The SMILES string of the molecule is COc1cc(-c2ccc(Cl)cc2)ccc1-n1c(=O)ccc2cc(S(=O)(=O)Nc3ncco3)ccc21. The normalized spacial score (nSPS) is 11.5. The number of benzene rings is 3. The molecule has 1 N–H and O–H groups in total. The first-order chi connectivity index (χ1) is 16.9. The van der Waals surface area contributed by atoms with Gasteiger partial charge in [-0.25, -0.2) is 18.1 Å². The molecule has 2 aromatic heterocycles. The van der Waals surface area contributed by atoms with Crippen molar-refractivity contribution in [2.45, 2.75) is 4.90 Å². The Morgan fingerprint density at radius 3 is 2.46 bits per heavy atom. The van der Waals surface area contributed by atoms with Gasteiger partial charge >= 0.3 is 6.01 Å². The number of nitrogens with one attached hydrogen (secondary N) is 1. The Hall–Kier alpha value is -4.08. The van der Waals surface area contributed by atoms with Crippen molar-refractivity contribution in [3.63, 3.8) is 0 Å². The number of methoxy groups -OCH3 is 1. The Labute approximate surface area is 205 Å². The molecule has 0 spiro atoms. The van der Waals surface area contributed by atoms with Crippen molar-refractivity contribution >= 4 is 38.5 Å². The molecule has 176 valence electrons. The lowest BCUT2D eigenvalue weighted by Gasteiger charge is -2.16. The van der Waals surface area contributed by atoms with Gasteiger partial charge in [-0.05, 0) is 59.7 Å². The van der Waals surface area contributed by atoms with E-state index in [1.165, 1.54) is 42.3 Å². The first-order valence-corrected chi connectivity index (χ1v) is 12.2. The number of nitrogens with zero attached hydrogens (tertiary/aromatic N) is 2. The van der Waals surface area contributed by atoms with Crippen molar-refractivity contribution < 1.29 is 17.6 Å². The van der Waals surface area contributed by atoms with E-state index in [-0.39, 0.29) is 16.5 Å². The molecule has 8 nitrogen and oxygen atoms in total. The van der Waals surface area contributed by atoms with Crippen LogP contribution < -0.4 is 15.0 Å². The number of fused-ring (bicyclic) bond motifs is 1. The maximum atomic E-state index is 12.9. The molecule has 0 aliphatic rings. The minimum atomic E-state index is -3.94. The van der Waals surface area contributed by atoms with E-state index >= 15 is 0 Å². The van der Waals surface area contributed by atoms with Crippen molar-refractivity contribution in [2.75, 3.05) is 11.8 Å². The minimum absolute atomic E-state index is 0.00143.